The third kappa shape index (κ3) is 3.70. The zero-order chi connectivity index (χ0) is 17.8. The Morgan fingerprint density at radius 2 is 1.85 bits per heavy atom. The van der Waals surface area contributed by atoms with Gasteiger partial charge in [-0.15, -0.1) is 16.4 Å². The molecule has 1 saturated heterocycles. The molecule has 26 heavy (non-hydrogen) atoms. The Kier molecular flexibility index (Phi) is 5.38. The van der Waals surface area contributed by atoms with Crippen molar-refractivity contribution in [2.45, 2.75) is 19.5 Å². The summed E-state index contributed by atoms with van der Waals surface area (Å²) < 4.78 is 1.95. The van der Waals surface area contributed by atoms with Crippen LogP contribution in [0.25, 0.3) is 0 Å². The molecule has 0 amide bonds. The first-order valence-corrected chi connectivity index (χ1v) is 10.0. The summed E-state index contributed by atoms with van der Waals surface area (Å²) in [5.41, 5.74) is 1.21. The topological polar surface area (TPSA) is 50.1 Å². The first-order chi connectivity index (χ1) is 12.8. The normalized spacial score (nSPS) is 17.4. The summed E-state index contributed by atoms with van der Waals surface area (Å²) in [6.07, 6.45) is 0. The van der Waals surface area contributed by atoms with Gasteiger partial charge in [0.1, 0.15) is 6.04 Å². The molecule has 1 aliphatic rings. The Balaban J connectivity index is 1.62. The van der Waals surface area contributed by atoms with Crippen molar-refractivity contribution in [3.05, 3.63) is 64.1 Å². The molecular formula is C19H24N6S. The van der Waals surface area contributed by atoms with Crippen LogP contribution in [-0.2, 0) is 6.54 Å². The summed E-state index contributed by atoms with van der Waals surface area (Å²) >= 11 is 1.78. The van der Waals surface area contributed by atoms with Gasteiger partial charge in [0.25, 0.3) is 0 Å². The molecule has 7 heteroatoms. The lowest BCUT2D eigenvalue weighted by molar-refractivity contribution is 0.110. The van der Waals surface area contributed by atoms with E-state index >= 15 is 0 Å². The van der Waals surface area contributed by atoms with E-state index in [1.165, 1.54) is 10.4 Å². The summed E-state index contributed by atoms with van der Waals surface area (Å²) in [4.78, 5) is 6.32. The number of hydrogen-bond acceptors (Lipinski definition) is 6. The molecule has 0 N–H and O–H groups in total. The van der Waals surface area contributed by atoms with Gasteiger partial charge in [0.05, 0.1) is 6.54 Å². The SMILES string of the molecule is CCN1CCN([C@H](c2cccs2)c2nnnn2Cc2ccccc2)CC1. The summed E-state index contributed by atoms with van der Waals surface area (Å²) in [6.45, 7) is 8.30. The number of nitrogens with zero attached hydrogens (tertiary/aromatic N) is 6. The molecule has 0 bridgehead atoms. The van der Waals surface area contributed by atoms with Crippen molar-refractivity contribution in [2.75, 3.05) is 32.7 Å². The van der Waals surface area contributed by atoms with Gasteiger partial charge in [0.15, 0.2) is 5.82 Å². The standard InChI is InChI=1S/C19H24N6S/c1-2-23-10-12-24(13-11-23)18(17-9-6-14-26-17)19-20-21-22-25(19)15-16-7-4-3-5-8-16/h3-9,14,18H,2,10-13,15H2,1H3/t18-/m1/s1. The lowest BCUT2D eigenvalue weighted by atomic mass is 10.1. The van der Waals surface area contributed by atoms with E-state index in [1.54, 1.807) is 11.3 Å². The highest BCUT2D eigenvalue weighted by Crippen LogP contribution is 2.31. The van der Waals surface area contributed by atoms with Crippen molar-refractivity contribution < 1.29 is 0 Å². The van der Waals surface area contributed by atoms with E-state index in [2.05, 4.69) is 74.0 Å². The third-order valence-electron chi connectivity index (χ3n) is 5.01. The van der Waals surface area contributed by atoms with Crippen LogP contribution in [0.3, 0.4) is 0 Å². The fraction of sp³-hybridized carbons (Fsp3) is 0.421. The molecule has 136 valence electrons. The number of thiophene rings is 1. The van der Waals surface area contributed by atoms with Crippen molar-refractivity contribution in [1.82, 2.24) is 30.0 Å². The largest absolute Gasteiger partial charge is 0.301 e. The van der Waals surface area contributed by atoms with E-state index in [-0.39, 0.29) is 6.04 Å². The zero-order valence-corrected chi connectivity index (χ0v) is 15.8. The molecule has 0 unspecified atom stereocenters. The van der Waals surface area contributed by atoms with Crippen LogP contribution >= 0.6 is 11.3 Å². The quantitative estimate of drug-likeness (QED) is 0.669. The molecule has 0 radical (unpaired) electrons. The molecule has 2 aromatic heterocycles. The second kappa shape index (κ2) is 8.07. The van der Waals surface area contributed by atoms with Crippen LogP contribution < -0.4 is 0 Å². The maximum atomic E-state index is 4.44. The molecule has 1 aromatic carbocycles. The fourth-order valence-corrected chi connectivity index (χ4v) is 4.39. The molecule has 0 spiro atoms. The van der Waals surface area contributed by atoms with Crippen LogP contribution in [0.1, 0.15) is 29.2 Å². The average Bonchev–Trinajstić information content (AvgIpc) is 3.37. The molecule has 6 nitrogen and oxygen atoms in total. The van der Waals surface area contributed by atoms with Crippen LogP contribution in [0.4, 0.5) is 0 Å². The Morgan fingerprint density at radius 1 is 1.04 bits per heavy atom. The van der Waals surface area contributed by atoms with Crippen LogP contribution in [-0.4, -0.2) is 62.7 Å². The Morgan fingerprint density at radius 3 is 2.54 bits per heavy atom. The summed E-state index contributed by atoms with van der Waals surface area (Å²) in [6, 6.07) is 14.8. The molecule has 0 aliphatic carbocycles. The second-order valence-corrected chi connectivity index (χ2v) is 7.55. The first-order valence-electron chi connectivity index (χ1n) is 9.15. The van der Waals surface area contributed by atoms with E-state index in [9.17, 15) is 0 Å². The smallest absolute Gasteiger partial charge is 0.174 e. The highest BCUT2D eigenvalue weighted by Gasteiger charge is 2.30. The molecule has 4 rings (SSSR count). The van der Waals surface area contributed by atoms with Crippen molar-refractivity contribution in [3.8, 4) is 0 Å². The Hall–Kier alpha value is -2.09. The van der Waals surface area contributed by atoms with Gasteiger partial charge >= 0.3 is 0 Å². The van der Waals surface area contributed by atoms with E-state index in [0.717, 1.165) is 38.5 Å². The number of likely N-dealkylation sites (N-methyl/N-ethyl adjacent to an activating group) is 1. The number of aromatic nitrogens is 4. The minimum atomic E-state index is 0.118. The van der Waals surface area contributed by atoms with Crippen molar-refractivity contribution in [3.63, 3.8) is 0 Å². The molecule has 3 aromatic rings. The maximum absolute atomic E-state index is 4.44. The highest BCUT2D eigenvalue weighted by molar-refractivity contribution is 7.10. The molecule has 3 heterocycles. The van der Waals surface area contributed by atoms with Gasteiger partial charge in [-0.3, -0.25) is 4.90 Å². The second-order valence-electron chi connectivity index (χ2n) is 6.57. The number of tetrazole rings is 1. The van der Waals surface area contributed by atoms with E-state index in [1.807, 2.05) is 10.7 Å². The van der Waals surface area contributed by atoms with E-state index < -0.39 is 0 Å². The van der Waals surface area contributed by atoms with Crippen molar-refractivity contribution in [2.24, 2.45) is 0 Å². The van der Waals surface area contributed by atoms with Gasteiger partial charge in [-0.25, -0.2) is 4.68 Å². The third-order valence-corrected chi connectivity index (χ3v) is 5.94. The number of piperazine rings is 1. The van der Waals surface area contributed by atoms with Crippen molar-refractivity contribution >= 4 is 11.3 Å². The lowest BCUT2D eigenvalue weighted by Crippen LogP contribution is -2.48. The Bertz CT molecular complexity index is 793. The molecule has 1 atom stereocenters. The number of benzene rings is 1. The number of hydrogen-bond donors (Lipinski definition) is 0. The number of rotatable bonds is 6. The van der Waals surface area contributed by atoms with Gasteiger partial charge in [-0.2, -0.15) is 0 Å². The minimum Gasteiger partial charge on any atom is -0.301 e. The van der Waals surface area contributed by atoms with Gasteiger partial charge in [-0.05, 0) is 34.0 Å². The molecule has 0 saturated carbocycles. The van der Waals surface area contributed by atoms with Crippen molar-refractivity contribution in [1.29, 1.82) is 0 Å². The van der Waals surface area contributed by atoms with E-state index in [0.29, 0.717) is 6.54 Å². The predicted octanol–water partition coefficient (Wildman–Crippen LogP) is 2.51. The minimum absolute atomic E-state index is 0.118. The van der Waals surface area contributed by atoms with Gasteiger partial charge in [0.2, 0.25) is 0 Å². The summed E-state index contributed by atoms with van der Waals surface area (Å²) in [7, 11) is 0. The van der Waals surface area contributed by atoms with Crippen LogP contribution in [0.5, 0.6) is 0 Å². The molecule has 1 fully saturated rings. The van der Waals surface area contributed by atoms with Crippen LogP contribution in [0.2, 0.25) is 0 Å². The predicted molar refractivity (Wildman–Crippen MR) is 103 cm³/mol. The lowest BCUT2D eigenvalue weighted by Gasteiger charge is -2.38. The van der Waals surface area contributed by atoms with Crippen LogP contribution in [0, 0.1) is 0 Å². The molecular weight excluding hydrogens is 344 g/mol. The fourth-order valence-electron chi connectivity index (χ4n) is 3.53. The van der Waals surface area contributed by atoms with E-state index in [4.69, 9.17) is 0 Å². The maximum Gasteiger partial charge on any atom is 0.174 e. The Labute approximate surface area is 158 Å². The summed E-state index contributed by atoms with van der Waals surface area (Å²) in [5, 5.41) is 14.9. The highest BCUT2D eigenvalue weighted by atomic mass is 32.1. The van der Waals surface area contributed by atoms with Gasteiger partial charge in [0, 0.05) is 31.1 Å². The van der Waals surface area contributed by atoms with Crippen LogP contribution in [0.15, 0.2) is 47.8 Å². The zero-order valence-electron chi connectivity index (χ0n) is 15.0. The van der Waals surface area contributed by atoms with Gasteiger partial charge < -0.3 is 4.90 Å². The first kappa shape index (κ1) is 17.3. The summed E-state index contributed by atoms with van der Waals surface area (Å²) in [5.74, 6) is 0.932. The van der Waals surface area contributed by atoms with Gasteiger partial charge in [-0.1, -0.05) is 43.3 Å². The molecule has 1 aliphatic heterocycles. The average molecular weight is 369 g/mol. The monoisotopic (exact) mass is 368 g/mol.